The van der Waals surface area contributed by atoms with Gasteiger partial charge in [0.25, 0.3) is 0 Å². The predicted octanol–water partition coefficient (Wildman–Crippen LogP) is 5.66. The van der Waals surface area contributed by atoms with Crippen molar-refractivity contribution in [1.29, 1.82) is 0 Å². The number of benzene rings is 2. The van der Waals surface area contributed by atoms with Crippen molar-refractivity contribution in [2.24, 2.45) is 0 Å². The van der Waals surface area contributed by atoms with Crippen LogP contribution >= 0.6 is 0 Å². The fourth-order valence-corrected chi connectivity index (χ4v) is 4.40. The molecule has 0 aliphatic heterocycles. The maximum atomic E-state index is 4.94. The van der Waals surface area contributed by atoms with Crippen molar-refractivity contribution in [3.05, 3.63) is 65.7 Å². The molecule has 2 bridgehead atoms. The molecule has 108 valence electrons. The summed E-state index contributed by atoms with van der Waals surface area (Å²) in [5.41, 5.74) is 6.64. The van der Waals surface area contributed by atoms with Crippen LogP contribution < -0.4 is 0 Å². The Morgan fingerprint density at radius 2 is 1.41 bits per heavy atom. The summed E-state index contributed by atoms with van der Waals surface area (Å²) in [6.45, 7) is 0. The number of nitrogens with zero attached hydrogens (tertiary/aromatic N) is 1. The summed E-state index contributed by atoms with van der Waals surface area (Å²) in [4.78, 5) is 4.94. The van der Waals surface area contributed by atoms with Crippen LogP contribution in [0.4, 0.5) is 0 Å². The third kappa shape index (κ3) is 1.81. The molecule has 1 saturated carbocycles. The molecule has 1 heteroatoms. The molecule has 22 heavy (non-hydrogen) atoms. The molecule has 0 radical (unpaired) electrons. The second kappa shape index (κ2) is 4.67. The molecule has 1 fully saturated rings. The Bertz CT molecular complexity index is 842. The van der Waals surface area contributed by atoms with Crippen LogP contribution in [0.5, 0.6) is 0 Å². The first-order valence-electron chi connectivity index (χ1n) is 8.38. The highest BCUT2D eigenvalue weighted by molar-refractivity contribution is 5.83. The maximum absolute atomic E-state index is 4.94. The van der Waals surface area contributed by atoms with Crippen LogP contribution in [0.1, 0.15) is 48.6 Å². The molecule has 0 spiro atoms. The summed E-state index contributed by atoms with van der Waals surface area (Å²) in [5, 5.41) is 1.30. The van der Waals surface area contributed by atoms with Crippen LogP contribution in [0.3, 0.4) is 0 Å². The standard InChI is InChI=1S/C21H19N/c1-2-4-16(5-3-1)20-11-10-17-12-18-14-6-8-15(9-7-14)19(18)13-21(17)22-20/h1-5,10-15H,6-9H2. The Hall–Kier alpha value is -2.15. The Kier molecular flexibility index (Phi) is 2.63. The van der Waals surface area contributed by atoms with Crippen molar-refractivity contribution in [3.8, 4) is 11.3 Å². The molecule has 6 rings (SSSR count). The van der Waals surface area contributed by atoms with E-state index < -0.39 is 0 Å². The van der Waals surface area contributed by atoms with Gasteiger partial charge < -0.3 is 0 Å². The van der Waals surface area contributed by atoms with Gasteiger partial charge in [-0.3, -0.25) is 0 Å². The third-order valence-electron chi connectivity index (χ3n) is 5.57. The van der Waals surface area contributed by atoms with E-state index >= 15 is 0 Å². The van der Waals surface area contributed by atoms with Crippen LogP contribution in [0.15, 0.2) is 54.6 Å². The van der Waals surface area contributed by atoms with Crippen LogP contribution in [-0.4, -0.2) is 4.98 Å². The molecule has 0 atom stereocenters. The van der Waals surface area contributed by atoms with E-state index in [-0.39, 0.29) is 0 Å². The van der Waals surface area contributed by atoms with Gasteiger partial charge in [0, 0.05) is 10.9 Å². The summed E-state index contributed by atoms with van der Waals surface area (Å²) in [7, 11) is 0. The van der Waals surface area contributed by atoms with Crippen LogP contribution in [0.2, 0.25) is 0 Å². The molecule has 1 nitrogen and oxygen atoms in total. The topological polar surface area (TPSA) is 12.9 Å². The average Bonchev–Trinajstić information content (AvgIpc) is 2.61. The molecule has 0 N–H and O–H groups in total. The lowest BCUT2D eigenvalue weighted by Gasteiger charge is -2.38. The SMILES string of the molecule is c1ccc(-c2ccc3cc4c(cc3n2)C2CCC4CC2)cc1. The fourth-order valence-electron chi connectivity index (χ4n) is 4.40. The molecule has 0 unspecified atom stereocenters. The van der Waals surface area contributed by atoms with E-state index in [1.54, 1.807) is 11.1 Å². The second-order valence-electron chi connectivity index (χ2n) is 6.78. The van der Waals surface area contributed by atoms with Gasteiger partial charge in [0.2, 0.25) is 0 Å². The number of rotatable bonds is 1. The smallest absolute Gasteiger partial charge is 0.0712 e. The van der Waals surface area contributed by atoms with E-state index in [1.165, 1.54) is 36.6 Å². The Labute approximate surface area is 131 Å². The number of hydrogen-bond donors (Lipinski definition) is 0. The minimum Gasteiger partial charge on any atom is -0.248 e. The van der Waals surface area contributed by atoms with Gasteiger partial charge in [-0.1, -0.05) is 36.4 Å². The minimum absolute atomic E-state index is 0.784. The predicted molar refractivity (Wildman–Crippen MR) is 91.1 cm³/mol. The van der Waals surface area contributed by atoms with Gasteiger partial charge in [-0.2, -0.15) is 0 Å². The molecule has 0 amide bonds. The zero-order chi connectivity index (χ0) is 14.5. The lowest BCUT2D eigenvalue weighted by atomic mass is 9.67. The summed E-state index contributed by atoms with van der Waals surface area (Å²) in [5.74, 6) is 1.59. The third-order valence-corrected chi connectivity index (χ3v) is 5.57. The molecule has 0 saturated heterocycles. The first-order chi connectivity index (χ1) is 10.9. The van der Waals surface area contributed by atoms with Gasteiger partial charge in [-0.15, -0.1) is 0 Å². The van der Waals surface area contributed by atoms with E-state index in [2.05, 4.69) is 54.6 Å². The van der Waals surface area contributed by atoms with Crippen molar-refractivity contribution in [2.75, 3.05) is 0 Å². The van der Waals surface area contributed by atoms with E-state index in [1.807, 2.05) is 0 Å². The zero-order valence-electron chi connectivity index (χ0n) is 12.6. The molecule has 1 heterocycles. The first kappa shape index (κ1) is 12.4. The van der Waals surface area contributed by atoms with Crippen molar-refractivity contribution in [1.82, 2.24) is 4.98 Å². The highest BCUT2D eigenvalue weighted by Crippen LogP contribution is 2.50. The highest BCUT2D eigenvalue weighted by atomic mass is 14.7. The largest absolute Gasteiger partial charge is 0.248 e. The van der Waals surface area contributed by atoms with Gasteiger partial charge in [-0.05, 0) is 66.8 Å². The highest BCUT2D eigenvalue weighted by Gasteiger charge is 2.32. The van der Waals surface area contributed by atoms with Crippen molar-refractivity contribution in [2.45, 2.75) is 37.5 Å². The van der Waals surface area contributed by atoms with Crippen molar-refractivity contribution < 1.29 is 0 Å². The number of pyridine rings is 1. The minimum atomic E-state index is 0.784. The van der Waals surface area contributed by atoms with Crippen molar-refractivity contribution in [3.63, 3.8) is 0 Å². The number of hydrogen-bond acceptors (Lipinski definition) is 1. The molecular formula is C21H19N. The summed E-state index contributed by atoms with van der Waals surface area (Å²) < 4.78 is 0. The van der Waals surface area contributed by atoms with E-state index in [4.69, 9.17) is 4.98 Å². The quantitative estimate of drug-likeness (QED) is 0.562. The van der Waals surface area contributed by atoms with Gasteiger partial charge in [0.15, 0.2) is 0 Å². The van der Waals surface area contributed by atoms with Crippen LogP contribution in [0, 0.1) is 0 Å². The molecule has 2 aromatic carbocycles. The number of fused-ring (bicyclic) bond motifs is 3. The molecular weight excluding hydrogens is 266 g/mol. The van der Waals surface area contributed by atoms with Gasteiger partial charge in [0.1, 0.15) is 0 Å². The molecule has 3 aromatic rings. The second-order valence-corrected chi connectivity index (χ2v) is 6.78. The summed E-state index contributed by atoms with van der Waals surface area (Å²) in [6.07, 6.45) is 5.53. The van der Waals surface area contributed by atoms with Gasteiger partial charge in [0.05, 0.1) is 11.2 Å². The normalized spacial score (nSPS) is 22.7. The van der Waals surface area contributed by atoms with E-state index in [0.29, 0.717) is 0 Å². The number of aromatic nitrogens is 1. The first-order valence-corrected chi connectivity index (χ1v) is 8.38. The molecule has 1 aromatic heterocycles. The average molecular weight is 285 g/mol. The van der Waals surface area contributed by atoms with Gasteiger partial charge >= 0.3 is 0 Å². The Morgan fingerprint density at radius 3 is 2.14 bits per heavy atom. The lowest BCUT2D eigenvalue weighted by molar-refractivity contribution is 0.359. The Morgan fingerprint density at radius 1 is 0.727 bits per heavy atom. The molecule has 3 aliphatic rings. The summed E-state index contributed by atoms with van der Waals surface area (Å²) >= 11 is 0. The van der Waals surface area contributed by atoms with E-state index in [0.717, 1.165) is 23.0 Å². The van der Waals surface area contributed by atoms with E-state index in [9.17, 15) is 0 Å². The van der Waals surface area contributed by atoms with Crippen molar-refractivity contribution >= 4 is 10.9 Å². The summed E-state index contributed by atoms with van der Waals surface area (Å²) in [6, 6.07) is 19.7. The maximum Gasteiger partial charge on any atom is 0.0712 e. The van der Waals surface area contributed by atoms with Crippen LogP contribution in [-0.2, 0) is 0 Å². The molecule has 3 aliphatic carbocycles. The fraction of sp³-hybridized carbons (Fsp3) is 0.286. The Balaban J connectivity index is 1.69. The monoisotopic (exact) mass is 285 g/mol. The van der Waals surface area contributed by atoms with Gasteiger partial charge in [-0.25, -0.2) is 4.98 Å². The van der Waals surface area contributed by atoms with Crippen LogP contribution in [0.25, 0.3) is 22.2 Å². The lowest BCUT2D eigenvalue weighted by Crippen LogP contribution is -2.21. The zero-order valence-corrected chi connectivity index (χ0v) is 12.6.